The van der Waals surface area contributed by atoms with Gasteiger partial charge >= 0.3 is 0 Å². The van der Waals surface area contributed by atoms with Gasteiger partial charge in [-0.2, -0.15) is 5.26 Å². The molecule has 6 nitrogen and oxygen atoms in total. The van der Waals surface area contributed by atoms with Crippen molar-refractivity contribution in [3.63, 3.8) is 0 Å². The highest BCUT2D eigenvalue weighted by molar-refractivity contribution is 8.00. The number of hydrogen-bond acceptors (Lipinski definition) is 6. The molecule has 0 spiro atoms. The van der Waals surface area contributed by atoms with E-state index in [1.54, 1.807) is 0 Å². The minimum atomic E-state index is -0.0211. The van der Waals surface area contributed by atoms with Gasteiger partial charge in [-0.05, 0) is 68.4 Å². The molecule has 2 fully saturated rings. The lowest BCUT2D eigenvalue weighted by molar-refractivity contribution is -0.119. The van der Waals surface area contributed by atoms with E-state index in [0.717, 1.165) is 75.0 Å². The van der Waals surface area contributed by atoms with E-state index in [9.17, 15) is 10.1 Å². The van der Waals surface area contributed by atoms with Crippen LogP contribution in [0.5, 0.6) is 0 Å². The van der Waals surface area contributed by atoms with Crippen molar-refractivity contribution >= 4 is 23.5 Å². The number of piperidine rings is 1. The summed E-state index contributed by atoms with van der Waals surface area (Å²) in [5.41, 5.74) is 3.14. The summed E-state index contributed by atoms with van der Waals surface area (Å²) in [6.45, 7) is 5.73. The number of anilines is 1. The fourth-order valence-corrected chi connectivity index (χ4v) is 5.53. The number of nitrogens with one attached hydrogen (secondary N) is 1. The summed E-state index contributed by atoms with van der Waals surface area (Å²) in [4.78, 5) is 19.8. The van der Waals surface area contributed by atoms with Crippen LogP contribution < -0.4 is 10.2 Å². The normalized spacial score (nSPS) is 21.9. The second kappa shape index (κ2) is 10.0. The number of fused-ring (bicyclic) bond motifs is 1. The average molecular weight is 429 g/mol. The van der Waals surface area contributed by atoms with Crippen LogP contribution >= 0.6 is 11.8 Å². The van der Waals surface area contributed by atoms with Crippen LogP contribution in [0.15, 0.2) is 5.03 Å². The third-order valence-corrected chi connectivity index (χ3v) is 7.52. The fraction of sp³-hybridized carbons (Fsp3) is 0.696. The molecule has 3 aliphatic rings. The summed E-state index contributed by atoms with van der Waals surface area (Å²) in [5.74, 6) is 2.09. The Morgan fingerprint density at radius 1 is 1.23 bits per heavy atom. The molecule has 3 heterocycles. The molecule has 2 aliphatic heterocycles. The molecule has 0 aromatic carbocycles. The van der Waals surface area contributed by atoms with Crippen LogP contribution in [0.3, 0.4) is 0 Å². The Labute approximate surface area is 183 Å². The summed E-state index contributed by atoms with van der Waals surface area (Å²) in [6, 6.07) is 2.41. The summed E-state index contributed by atoms with van der Waals surface area (Å²) in [5, 5.41) is 13.6. The van der Waals surface area contributed by atoms with Gasteiger partial charge in [0.15, 0.2) is 0 Å². The first-order valence-corrected chi connectivity index (χ1v) is 12.4. The van der Waals surface area contributed by atoms with Gasteiger partial charge in [0.1, 0.15) is 16.9 Å². The van der Waals surface area contributed by atoms with Gasteiger partial charge < -0.3 is 15.0 Å². The number of carbonyl (C=O) groups is 1. The molecule has 4 rings (SSSR count). The predicted molar refractivity (Wildman–Crippen MR) is 119 cm³/mol. The lowest BCUT2D eigenvalue weighted by Crippen LogP contribution is -2.35. The van der Waals surface area contributed by atoms with Crippen molar-refractivity contribution in [3.05, 3.63) is 16.7 Å². The molecule has 1 aliphatic carbocycles. The standard InChI is InChI=1S/C23H32N4O2S/c1-16-8-10-27(11-9-16)22-19-7-3-2-6-18(19)20(13-24)23(26-22)30-15-21(28)25-14-17-5-4-12-29-17/h16-17H,2-12,14-15H2,1H3,(H,25,28). The van der Waals surface area contributed by atoms with Crippen molar-refractivity contribution in [2.24, 2.45) is 5.92 Å². The number of nitrogens with zero attached hydrogens (tertiary/aromatic N) is 3. The van der Waals surface area contributed by atoms with Crippen LogP contribution in [0.4, 0.5) is 5.82 Å². The van der Waals surface area contributed by atoms with Crippen molar-refractivity contribution < 1.29 is 9.53 Å². The molecule has 1 amide bonds. The van der Waals surface area contributed by atoms with Crippen LogP contribution in [0.1, 0.15) is 62.1 Å². The average Bonchev–Trinajstić information content (AvgIpc) is 3.30. The molecule has 2 saturated heterocycles. The SMILES string of the molecule is CC1CCN(c2nc(SCC(=O)NCC3CCCO3)c(C#N)c3c2CCCC3)CC1. The molecule has 1 N–H and O–H groups in total. The first-order valence-electron chi connectivity index (χ1n) is 11.4. The Balaban J connectivity index is 1.50. The third-order valence-electron chi connectivity index (χ3n) is 6.55. The number of nitriles is 1. The van der Waals surface area contributed by atoms with Crippen LogP contribution in [-0.2, 0) is 22.4 Å². The minimum Gasteiger partial charge on any atom is -0.376 e. The number of pyridine rings is 1. The molecule has 0 saturated carbocycles. The van der Waals surface area contributed by atoms with E-state index in [1.165, 1.54) is 35.7 Å². The van der Waals surface area contributed by atoms with Crippen molar-refractivity contribution in [1.82, 2.24) is 10.3 Å². The number of ether oxygens (including phenoxy) is 1. The Morgan fingerprint density at radius 3 is 2.70 bits per heavy atom. The van der Waals surface area contributed by atoms with Crippen LogP contribution in [0.25, 0.3) is 0 Å². The Hall–Kier alpha value is -1.78. The van der Waals surface area contributed by atoms with E-state index < -0.39 is 0 Å². The van der Waals surface area contributed by atoms with Gasteiger partial charge in [0, 0.05) is 26.2 Å². The molecule has 30 heavy (non-hydrogen) atoms. The maximum atomic E-state index is 12.4. The Bertz CT molecular complexity index is 808. The van der Waals surface area contributed by atoms with Crippen molar-refractivity contribution in [3.8, 4) is 6.07 Å². The maximum absolute atomic E-state index is 12.4. The minimum absolute atomic E-state index is 0.0211. The Kier molecular flexibility index (Phi) is 7.16. The van der Waals surface area contributed by atoms with E-state index in [2.05, 4.69) is 23.2 Å². The van der Waals surface area contributed by atoms with Crippen LogP contribution in [0.2, 0.25) is 0 Å². The molecular weight excluding hydrogens is 396 g/mol. The van der Waals surface area contributed by atoms with Crippen molar-refractivity contribution in [1.29, 1.82) is 5.26 Å². The highest BCUT2D eigenvalue weighted by atomic mass is 32.2. The second-order valence-electron chi connectivity index (χ2n) is 8.79. The van der Waals surface area contributed by atoms with Gasteiger partial charge in [0.25, 0.3) is 0 Å². The Morgan fingerprint density at radius 2 is 2.00 bits per heavy atom. The first-order chi connectivity index (χ1) is 14.7. The predicted octanol–water partition coefficient (Wildman–Crippen LogP) is 3.46. The molecule has 1 unspecified atom stereocenters. The van der Waals surface area contributed by atoms with Gasteiger partial charge in [0.05, 0.1) is 17.4 Å². The number of carbonyl (C=O) groups excluding carboxylic acids is 1. The monoisotopic (exact) mass is 428 g/mol. The maximum Gasteiger partial charge on any atom is 0.230 e. The van der Waals surface area contributed by atoms with Gasteiger partial charge in [0.2, 0.25) is 5.91 Å². The molecule has 0 bridgehead atoms. The third kappa shape index (κ3) is 4.92. The van der Waals surface area contributed by atoms with Crippen molar-refractivity contribution in [2.45, 2.75) is 69.4 Å². The highest BCUT2D eigenvalue weighted by Crippen LogP contribution is 2.37. The largest absolute Gasteiger partial charge is 0.376 e. The lowest BCUT2D eigenvalue weighted by Gasteiger charge is -2.34. The fourth-order valence-electron chi connectivity index (χ4n) is 4.70. The molecule has 1 aromatic heterocycles. The zero-order valence-electron chi connectivity index (χ0n) is 17.9. The van der Waals surface area contributed by atoms with Crippen molar-refractivity contribution in [2.75, 3.05) is 36.9 Å². The second-order valence-corrected chi connectivity index (χ2v) is 9.75. The number of aromatic nitrogens is 1. The lowest BCUT2D eigenvalue weighted by atomic mass is 9.88. The molecular formula is C23H32N4O2S. The van der Waals surface area contributed by atoms with E-state index in [0.29, 0.717) is 12.1 Å². The smallest absolute Gasteiger partial charge is 0.230 e. The summed E-state index contributed by atoms with van der Waals surface area (Å²) < 4.78 is 5.57. The van der Waals surface area contributed by atoms with Crippen LogP contribution in [0, 0.1) is 17.2 Å². The molecule has 162 valence electrons. The number of amides is 1. The molecule has 1 atom stereocenters. The van der Waals surface area contributed by atoms with Gasteiger partial charge in [-0.25, -0.2) is 4.98 Å². The van der Waals surface area contributed by atoms with Gasteiger partial charge in [-0.15, -0.1) is 0 Å². The van der Waals surface area contributed by atoms with E-state index in [-0.39, 0.29) is 17.8 Å². The zero-order valence-corrected chi connectivity index (χ0v) is 18.7. The van der Waals surface area contributed by atoms with Gasteiger partial charge in [-0.1, -0.05) is 18.7 Å². The van der Waals surface area contributed by atoms with E-state index in [1.807, 2.05) is 0 Å². The summed E-state index contributed by atoms with van der Waals surface area (Å²) in [6.07, 6.45) is 8.82. The number of rotatable bonds is 6. The summed E-state index contributed by atoms with van der Waals surface area (Å²) in [7, 11) is 0. The highest BCUT2D eigenvalue weighted by Gasteiger charge is 2.27. The number of thioether (sulfide) groups is 1. The summed E-state index contributed by atoms with van der Waals surface area (Å²) >= 11 is 1.40. The zero-order chi connectivity index (χ0) is 20.9. The first kappa shape index (κ1) is 21.5. The van der Waals surface area contributed by atoms with Crippen LogP contribution in [-0.4, -0.2) is 49.0 Å². The van der Waals surface area contributed by atoms with Gasteiger partial charge in [-0.3, -0.25) is 4.79 Å². The topological polar surface area (TPSA) is 78.2 Å². The molecule has 0 radical (unpaired) electrons. The van der Waals surface area contributed by atoms with E-state index in [4.69, 9.17) is 9.72 Å². The number of hydrogen-bond donors (Lipinski definition) is 1. The quantitative estimate of drug-likeness (QED) is 0.699. The molecule has 7 heteroatoms. The molecule has 1 aromatic rings. The van der Waals surface area contributed by atoms with E-state index >= 15 is 0 Å².